The van der Waals surface area contributed by atoms with E-state index in [2.05, 4.69) is 15.9 Å². The molecular formula is C9H18BrNO2S. The molecule has 84 valence electrons. The number of sulfonamides is 1. The number of nitrogens with zero attached hydrogens (tertiary/aromatic N) is 1. The summed E-state index contributed by atoms with van der Waals surface area (Å²) >= 11 is 3.47. The van der Waals surface area contributed by atoms with Crippen molar-refractivity contribution in [3.05, 3.63) is 0 Å². The summed E-state index contributed by atoms with van der Waals surface area (Å²) in [5.41, 5.74) is 0. The average Bonchev–Trinajstić information content (AvgIpc) is 2.42. The summed E-state index contributed by atoms with van der Waals surface area (Å²) in [6.45, 7) is 3.12. The van der Waals surface area contributed by atoms with Gasteiger partial charge in [0.25, 0.3) is 0 Å². The molecule has 0 N–H and O–H groups in total. The lowest BCUT2D eigenvalue weighted by atomic mass is 10.0. The first-order valence-electron chi connectivity index (χ1n) is 5.14. The van der Waals surface area contributed by atoms with Gasteiger partial charge in [-0.3, -0.25) is 0 Å². The third-order valence-corrected chi connectivity index (χ3v) is 5.58. The van der Waals surface area contributed by atoms with Crippen molar-refractivity contribution in [3.63, 3.8) is 0 Å². The Morgan fingerprint density at radius 3 is 2.64 bits per heavy atom. The van der Waals surface area contributed by atoms with E-state index in [0.29, 0.717) is 19.0 Å². The highest BCUT2D eigenvalue weighted by Gasteiger charge is 2.23. The molecule has 0 radical (unpaired) electrons. The zero-order valence-electron chi connectivity index (χ0n) is 8.58. The maximum Gasteiger partial charge on any atom is 0.213 e. The van der Waals surface area contributed by atoms with Gasteiger partial charge in [-0.1, -0.05) is 15.9 Å². The van der Waals surface area contributed by atoms with Crippen LogP contribution in [-0.4, -0.2) is 36.9 Å². The SMILES string of the molecule is CCS(=O)(=O)N1CCCC(CBr)CC1. The fraction of sp³-hybridized carbons (Fsp3) is 1.00. The van der Waals surface area contributed by atoms with Gasteiger partial charge in [0.05, 0.1) is 5.75 Å². The van der Waals surface area contributed by atoms with Gasteiger partial charge in [0.1, 0.15) is 0 Å². The highest BCUT2D eigenvalue weighted by atomic mass is 79.9. The lowest BCUT2D eigenvalue weighted by Crippen LogP contribution is -2.33. The molecule has 1 rings (SSSR count). The maximum absolute atomic E-state index is 11.6. The summed E-state index contributed by atoms with van der Waals surface area (Å²) in [6, 6.07) is 0. The van der Waals surface area contributed by atoms with Crippen LogP contribution in [0.1, 0.15) is 26.2 Å². The van der Waals surface area contributed by atoms with Crippen molar-refractivity contribution in [3.8, 4) is 0 Å². The smallest absolute Gasteiger partial charge is 0.212 e. The Labute approximate surface area is 95.0 Å². The maximum atomic E-state index is 11.6. The number of halogens is 1. The van der Waals surface area contributed by atoms with Crippen LogP contribution in [0.5, 0.6) is 0 Å². The van der Waals surface area contributed by atoms with Crippen molar-refractivity contribution in [2.24, 2.45) is 5.92 Å². The fourth-order valence-corrected chi connectivity index (χ4v) is 3.56. The topological polar surface area (TPSA) is 37.4 Å². The largest absolute Gasteiger partial charge is 0.213 e. The van der Waals surface area contributed by atoms with E-state index >= 15 is 0 Å². The summed E-state index contributed by atoms with van der Waals surface area (Å²) < 4.78 is 24.9. The van der Waals surface area contributed by atoms with Crippen molar-refractivity contribution >= 4 is 26.0 Å². The van der Waals surface area contributed by atoms with Gasteiger partial charge in [0.15, 0.2) is 0 Å². The molecule has 0 aromatic rings. The van der Waals surface area contributed by atoms with Crippen LogP contribution in [0.15, 0.2) is 0 Å². The van der Waals surface area contributed by atoms with Gasteiger partial charge >= 0.3 is 0 Å². The van der Waals surface area contributed by atoms with Gasteiger partial charge in [-0.15, -0.1) is 0 Å². The normalized spacial score (nSPS) is 26.0. The predicted molar refractivity (Wildman–Crippen MR) is 62.2 cm³/mol. The number of hydrogen-bond acceptors (Lipinski definition) is 2. The van der Waals surface area contributed by atoms with Gasteiger partial charge in [-0.05, 0) is 32.1 Å². The third kappa shape index (κ3) is 3.21. The van der Waals surface area contributed by atoms with E-state index in [1.807, 2.05) is 0 Å². The second kappa shape index (κ2) is 5.47. The number of hydrogen-bond donors (Lipinski definition) is 0. The molecule has 0 spiro atoms. The predicted octanol–water partition coefficient (Wildman–Crippen LogP) is 1.83. The Morgan fingerprint density at radius 1 is 1.36 bits per heavy atom. The summed E-state index contributed by atoms with van der Waals surface area (Å²) in [5.74, 6) is 0.874. The Balaban J connectivity index is 2.58. The van der Waals surface area contributed by atoms with E-state index in [0.717, 1.165) is 24.6 Å². The molecule has 1 unspecified atom stereocenters. The molecule has 3 nitrogen and oxygen atoms in total. The Bertz CT molecular complexity index is 266. The highest BCUT2D eigenvalue weighted by molar-refractivity contribution is 9.09. The van der Waals surface area contributed by atoms with Crippen molar-refractivity contribution in [2.75, 3.05) is 24.2 Å². The molecule has 5 heteroatoms. The van der Waals surface area contributed by atoms with Gasteiger partial charge in [-0.2, -0.15) is 0 Å². The Kier molecular flexibility index (Phi) is 4.87. The van der Waals surface area contributed by atoms with E-state index in [-0.39, 0.29) is 5.75 Å². The first kappa shape index (κ1) is 12.5. The van der Waals surface area contributed by atoms with E-state index in [9.17, 15) is 8.42 Å². The molecule has 1 aliphatic heterocycles. The molecule has 0 aromatic carbocycles. The monoisotopic (exact) mass is 283 g/mol. The lowest BCUT2D eigenvalue weighted by Gasteiger charge is -2.18. The molecule has 1 fully saturated rings. The Hall–Kier alpha value is 0.390. The van der Waals surface area contributed by atoms with Crippen LogP contribution in [0.2, 0.25) is 0 Å². The molecule has 0 aliphatic carbocycles. The molecule has 14 heavy (non-hydrogen) atoms. The molecule has 0 aromatic heterocycles. The molecule has 1 saturated heterocycles. The van der Waals surface area contributed by atoms with Crippen LogP contribution in [0.3, 0.4) is 0 Å². The Morgan fingerprint density at radius 2 is 2.07 bits per heavy atom. The minimum atomic E-state index is -2.96. The molecule has 0 amide bonds. The summed E-state index contributed by atoms with van der Waals surface area (Å²) in [6.07, 6.45) is 3.13. The zero-order valence-corrected chi connectivity index (χ0v) is 11.0. The van der Waals surface area contributed by atoms with E-state index in [1.54, 1.807) is 11.2 Å². The van der Waals surface area contributed by atoms with Crippen LogP contribution in [-0.2, 0) is 10.0 Å². The lowest BCUT2D eigenvalue weighted by molar-refractivity contribution is 0.418. The second-order valence-electron chi connectivity index (χ2n) is 3.75. The molecule has 0 bridgehead atoms. The van der Waals surface area contributed by atoms with Crippen molar-refractivity contribution in [1.29, 1.82) is 0 Å². The standard InChI is InChI=1S/C9H18BrNO2S/c1-2-14(12,13)11-6-3-4-9(8-10)5-7-11/h9H,2-8H2,1H3. The molecule has 1 heterocycles. The summed E-state index contributed by atoms with van der Waals surface area (Å²) in [7, 11) is -2.96. The van der Waals surface area contributed by atoms with E-state index in [1.165, 1.54) is 0 Å². The first-order chi connectivity index (χ1) is 6.60. The van der Waals surface area contributed by atoms with Crippen LogP contribution in [0.4, 0.5) is 0 Å². The van der Waals surface area contributed by atoms with Crippen molar-refractivity contribution < 1.29 is 8.42 Å². The van der Waals surface area contributed by atoms with Crippen LogP contribution < -0.4 is 0 Å². The second-order valence-corrected chi connectivity index (χ2v) is 6.66. The van der Waals surface area contributed by atoms with Crippen molar-refractivity contribution in [2.45, 2.75) is 26.2 Å². The fourth-order valence-electron chi connectivity index (χ4n) is 1.75. The minimum Gasteiger partial charge on any atom is -0.212 e. The van der Waals surface area contributed by atoms with Gasteiger partial charge in [0.2, 0.25) is 10.0 Å². The highest BCUT2D eigenvalue weighted by Crippen LogP contribution is 2.20. The van der Waals surface area contributed by atoms with Crippen LogP contribution in [0.25, 0.3) is 0 Å². The van der Waals surface area contributed by atoms with E-state index in [4.69, 9.17) is 0 Å². The average molecular weight is 284 g/mol. The zero-order chi connectivity index (χ0) is 10.6. The molecule has 1 atom stereocenters. The molecule has 1 aliphatic rings. The summed E-state index contributed by atoms with van der Waals surface area (Å²) in [5, 5.41) is 0.993. The number of alkyl halides is 1. The number of rotatable bonds is 3. The van der Waals surface area contributed by atoms with Gasteiger partial charge in [0, 0.05) is 18.4 Å². The molecule has 0 saturated carbocycles. The quantitative estimate of drug-likeness (QED) is 0.741. The minimum absolute atomic E-state index is 0.228. The van der Waals surface area contributed by atoms with E-state index < -0.39 is 10.0 Å². The third-order valence-electron chi connectivity index (χ3n) is 2.78. The molecular weight excluding hydrogens is 266 g/mol. The van der Waals surface area contributed by atoms with Gasteiger partial charge in [-0.25, -0.2) is 12.7 Å². The van der Waals surface area contributed by atoms with Crippen LogP contribution in [0, 0.1) is 5.92 Å². The summed E-state index contributed by atoms with van der Waals surface area (Å²) in [4.78, 5) is 0. The van der Waals surface area contributed by atoms with Gasteiger partial charge < -0.3 is 0 Å². The first-order valence-corrected chi connectivity index (χ1v) is 7.87. The van der Waals surface area contributed by atoms with Crippen molar-refractivity contribution in [1.82, 2.24) is 4.31 Å². The van der Waals surface area contributed by atoms with Crippen LogP contribution >= 0.6 is 15.9 Å².